The molecule has 0 radical (unpaired) electrons. The van der Waals surface area contributed by atoms with E-state index in [0.29, 0.717) is 38.6 Å². The molecule has 0 saturated carbocycles. The maximum atomic E-state index is 12.1. The van der Waals surface area contributed by atoms with Crippen LogP contribution in [0.15, 0.2) is 65.2 Å². The number of hydrogen-bond donors (Lipinski definition) is 1. The van der Waals surface area contributed by atoms with E-state index in [1.54, 1.807) is 60.8 Å². The fourth-order valence-corrected chi connectivity index (χ4v) is 2.98. The second-order valence-corrected chi connectivity index (χ2v) is 6.68. The standard InChI is InChI=1S/C20H13Cl2N3O3/c21-13-5-8-16(15(22)10-13)27-11-18(26)24-14-6-3-12(4-7-14)20-25-19-17(28-20)2-1-9-23-19/h1-10H,11H2,(H,24,26). The van der Waals surface area contributed by atoms with Crippen molar-refractivity contribution in [3.8, 4) is 17.2 Å². The van der Waals surface area contributed by atoms with Crippen LogP contribution in [0, 0.1) is 0 Å². The van der Waals surface area contributed by atoms with E-state index in [0.717, 1.165) is 5.56 Å². The molecular formula is C20H13Cl2N3O3. The minimum Gasteiger partial charge on any atom is -0.482 e. The zero-order valence-corrected chi connectivity index (χ0v) is 15.9. The van der Waals surface area contributed by atoms with Crippen molar-refractivity contribution in [2.45, 2.75) is 0 Å². The predicted octanol–water partition coefficient (Wildman–Crippen LogP) is 5.21. The first-order valence-corrected chi connectivity index (χ1v) is 9.04. The van der Waals surface area contributed by atoms with Gasteiger partial charge in [0.15, 0.2) is 17.8 Å². The normalized spacial score (nSPS) is 10.8. The molecular weight excluding hydrogens is 401 g/mol. The quantitative estimate of drug-likeness (QED) is 0.485. The number of nitrogens with zero attached hydrogens (tertiary/aromatic N) is 2. The molecule has 6 nitrogen and oxygen atoms in total. The fraction of sp³-hybridized carbons (Fsp3) is 0.0500. The molecule has 0 spiro atoms. The van der Waals surface area contributed by atoms with Gasteiger partial charge in [-0.15, -0.1) is 0 Å². The molecule has 0 fully saturated rings. The van der Waals surface area contributed by atoms with Gasteiger partial charge in [0, 0.05) is 22.5 Å². The van der Waals surface area contributed by atoms with Crippen LogP contribution in [0.3, 0.4) is 0 Å². The second kappa shape index (κ2) is 7.88. The molecule has 2 aromatic carbocycles. The molecule has 0 saturated heterocycles. The predicted molar refractivity (Wildman–Crippen MR) is 108 cm³/mol. The summed E-state index contributed by atoms with van der Waals surface area (Å²) in [5.41, 5.74) is 2.56. The Morgan fingerprint density at radius 2 is 1.93 bits per heavy atom. The Morgan fingerprint density at radius 3 is 2.68 bits per heavy atom. The van der Waals surface area contributed by atoms with Crippen LogP contribution in [-0.2, 0) is 4.79 Å². The van der Waals surface area contributed by atoms with Gasteiger partial charge in [-0.25, -0.2) is 4.98 Å². The molecule has 0 aliphatic heterocycles. The van der Waals surface area contributed by atoms with Crippen LogP contribution in [0.2, 0.25) is 10.0 Å². The van der Waals surface area contributed by atoms with Crippen LogP contribution in [-0.4, -0.2) is 22.5 Å². The Kier molecular flexibility index (Phi) is 5.14. The topological polar surface area (TPSA) is 77.2 Å². The number of pyridine rings is 1. The first kappa shape index (κ1) is 18.3. The average molecular weight is 414 g/mol. The van der Waals surface area contributed by atoms with Gasteiger partial charge >= 0.3 is 0 Å². The van der Waals surface area contributed by atoms with E-state index in [1.807, 2.05) is 0 Å². The van der Waals surface area contributed by atoms with Gasteiger partial charge in [-0.3, -0.25) is 4.79 Å². The van der Waals surface area contributed by atoms with Gasteiger partial charge in [0.25, 0.3) is 5.91 Å². The lowest BCUT2D eigenvalue weighted by molar-refractivity contribution is -0.118. The summed E-state index contributed by atoms with van der Waals surface area (Å²) in [6, 6.07) is 15.5. The fourth-order valence-electron chi connectivity index (χ4n) is 2.52. The zero-order chi connectivity index (χ0) is 19.5. The Morgan fingerprint density at radius 1 is 1.11 bits per heavy atom. The van der Waals surface area contributed by atoms with Gasteiger partial charge in [-0.05, 0) is 54.6 Å². The third-order valence-corrected chi connectivity index (χ3v) is 4.36. The number of fused-ring (bicyclic) bond motifs is 1. The zero-order valence-electron chi connectivity index (χ0n) is 14.4. The molecule has 1 amide bonds. The first-order valence-electron chi connectivity index (χ1n) is 8.28. The van der Waals surface area contributed by atoms with Crippen molar-refractivity contribution in [1.82, 2.24) is 9.97 Å². The molecule has 1 N–H and O–H groups in total. The Hall–Kier alpha value is -3.09. The van der Waals surface area contributed by atoms with Crippen LogP contribution < -0.4 is 10.1 Å². The molecule has 0 aliphatic carbocycles. The Balaban J connectivity index is 1.39. The van der Waals surface area contributed by atoms with Crippen molar-refractivity contribution < 1.29 is 13.9 Å². The molecule has 0 atom stereocenters. The van der Waals surface area contributed by atoms with Crippen LogP contribution in [0.1, 0.15) is 0 Å². The number of rotatable bonds is 5. The summed E-state index contributed by atoms with van der Waals surface area (Å²) in [7, 11) is 0. The van der Waals surface area contributed by atoms with Gasteiger partial charge in [-0.2, -0.15) is 4.98 Å². The van der Waals surface area contributed by atoms with Crippen molar-refractivity contribution in [2.24, 2.45) is 0 Å². The monoisotopic (exact) mass is 413 g/mol. The molecule has 140 valence electrons. The van der Waals surface area contributed by atoms with Crippen LogP contribution >= 0.6 is 23.2 Å². The smallest absolute Gasteiger partial charge is 0.262 e. The van der Waals surface area contributed by atoms with Crippen LogP contribution in [0.4, 0.5) is 5.69 Å². The lowest BCUT2D eigenvalue weighted by Crippen LogP contribution is -2.20. The number of carbonyl (C=O) groups excluding carboxylic acids is 1. The highest BCUT2D eigenvalue weighted by Crippen LogP contribution is 2.27. The SMILES string of the molecule is O=C(COc1ccc(Cl)cc1Cl)Nc1ccc(-c2nc3ncccc3o2)cc1. The third-order valence-electron chi connectivity index (χ3n) is 3.83. The largest absolute Gasteiger partial charge is 0.482 e. The van der Waals surface area contributed by atoms with Gasteiger partial charge in [0.05, 0.1) is 5.02 Å². The van der Waals surface area contributed by atoms with Crippen molar-refractivity contribution in [1.29, 1.82) is 0 Å². The number of nitrogens with one attached hydrogen (secondary N) is 1. The van der Waals surface area contributed by atoms with E-state index in [2.05, 4.69) is 15.3 Å². The highest BCUT2D eigenvalue weighted by molar-refractivity contribution is 6.35. The first-order chi connectivity index (χ1) is 13.6. The molecule has 4 aromatic rings. The van der Waals surface area contributed by atoms with Crippen molar-refractivity contribution in [3.05, 3.63) is 70.8 Å². The molecule has 4 rings (SSSR count). The van der Waals surface area contributed by atoms with Gasteiger partial charge < -0.3 is 14.5 Å². The van der Waals surface area contributed by atoms with E-state index in [9.17, 15) is 4.79 Å². The summed E-state index contributed by atoms with van der Waals surface area (Å²) in [6.45, 7) is -0.181. The molecule has 0 aliphatic rings. The number of amides is 1. The molecule has 8 heteroatoms. The van der Waals surface area contributed by atoms with Crippen molar-refractivity contribution in [2.75, 3.05) is 11.9 Å². The lowest BCUT2D eigenvalue weighted by atomic mass is 10.2. The second-order valence-electron chi connectivity index (χ2n) is 5.83. The maximum Gasteiger partial charge on any atom is 0.262 e. The van der Waals surface area contributed by atoms with Crippen molar-refractivity contribution in [3.63, 3.8) is 0 Å². The van der Waals surface area contributed by atoms with E-state index < -0.39 is 0 Å². The molecule has 0 bridgehead atoms. The maximum absolute atomic E-state index is 12.1. The number of aromatic nitrogens is 2. The molecule has 2 heterocycles. The number of benzene rings is 2. The number of carbonyl (C=O) groups is 1. The minimum atomic E-state index is -0.315. The summed E-state index contributed by atoms with van der Waals surface area (Å²) < 4.78 is 11.1. The van der Waals surface area contributed by atoms with E-state index in [4.69, 9.17) is 32.4 Å². The van der Waals surface area contributed by atoms with E-state index >= 15 is 0 Å². The summed E-state index contributed by atoms with van der Waals surface area (Å²) in [5, 5.41) is 3.59. The third kappa shape index (κ3) is 4.08. The molecule has 0 unspecified atom stereocenters. The Labute approximate surface area is 170 Å². The summed E-state index contributed by atoms with van der Waals surface area (Å²) in [5.74, 6) is 0.540. The van der Waals surface area contributed by atoms with Crippen LogP contribution in [0.5, 0.6) is 5.75 Å². The summed E-state index contributed by atoms with van der Waals surface area (Å²) in [6.07, 6.45) is 1.66. The number of ether oxygens (including phenoxy) is 1. The average Bonchev–Trinajstić information content (AvgIpc) is 3.12. The Bertz CT molecular complexity index is 1110. The highest BCUT2D eigenvalue weighted by atomic mass is 35.5. The van der Waals surface area contributed by atoms with Gasteiger partial charge in [0.1, 0.15) is 5.75 Å². The number of anilines is 1. The van der Waals surface area contributed by atoms with Gasteiger partial charge in [-0.1, -0.05) is 23.2 Å². The van der Waals surface area contributed by atoms with Crippen LogP contribution in [0.25, 0.3) is 22.7 Å². The van der Waals surface area contributed by atoms with E-state index in [-0.39, 0.29) is 12.5 Å². The lowest BCUT2D eigenvalue weighted by Gasteiger charge is -2.09. The summed E-state index contributed by atoms with van der Waals surface area (Å²) >= 11 is 11.9. The molecule has 28 heavy (non-hydrogen) atoms. The van der Waals surface area contributed by atoms with Gasteiger partial charge in [0.2, 0.25) is 5.89 Å². The van der Waals surface area contributed by atoms with Crippen molar-refractivity contribution >= 4 is 46.0 Å². The number of hydrogen-bond acceptors (Lipinski definition) is 5. The number of oxazole rings is 1. The minimum absolute atomic E-state index is 0.181. The highest BCUT2D eigenvalue weighted by Gasteiger charge is 2.10. The van der Waals surface area contributed by atoms with E-state index in [1.165, 1.54) is 0 Å². The number of halogens is 2. The summed E-state index contributed by atoms with van der Waals surface area (Å²) in [4.78, 5) is 20.6. The molecule has 2 aromatic heterocycles.